The van der Waals surface area contributed by atoms with E-state index in [-0.39, 0.29) is 11.9 Å². The van der Waals surface area contributed by atoms with E-state index >= 15 is 0 Å². The van der Waals surface area contributed by atoms with Crippen molar-refractivity contribution in [3.05, 3.63) is 0 Å². The van der Waals surface area contributed by atoms with Crippen LogP contribution in [-0.2, 0) is 9.59 Å². The quantitative estimate of drug-likeness (QED) is 0.801. The van der Waals surface area contributed by atoms with E-state index in [0.29, 0.717) is 5.92 Å². The van der Waals surface area contributed by atoms with Gasteiger partial charge < -0.3 is 10.0 Å². The largest absolute Gasteiger partial charge is 0.481 e. The first-order chi connectivity index (χ1) is 8.64. The van der Waals surface area contributed by atoms with Gasteiger partial charge >= 0.3 is 5.97 Å². The van der Waals surface area contributed by atoms with E-state index in [0.717, 1.165) is 19.3 Å². The maximum atomic E-state index is 12.5. The monoisotopic (exact) mass is 269 g/mol. The van der Waals surface area contributed by atoms with E-state index in [1.54, 1.807) is 32.7 Å². The molecule has 1 rings (SSSR count). The molecule has 19 heavy (non-hydrogen) atoms. The first-order valence-electron chi connectivity index (χ1n) is 7.14. The van der Waals surface area contributed by atoms with Crippen LogP contribution in [0.2, 0.25) is 0 Å². The van der Waals surface area contributed by atoms with Crippen molar-refractivity contribution in [1.82, 2.24) is 4.90 Å². The Labute approximate surface area is 116 Å². The van der Waals surface area contributed by atoms with Crippen molar-refractivity contribution in [2.24, 2.45) is 17.3 Å². The standard InChI is InChI=1S/C15H27NO3/c1-10-7-6-8-11(9-10)16(5)13(17)12(14(18)19)15(2,3)4/h10-12H,6-9H2,1-5H3,(H,18,19). The minimum Gasteiger partial charge on any atom is -0.481 e. The van der Waals surface area contributed by atoms with Crippen LogP contribution < -0.4 is 0 Å². The molecule has 1 aliphatic rings. The summed E-state index contributed by atoms with van der Waals surface area (Å²) >= 11 is 0. The summed E-state index contributed by atoms with van der Waals surface area (Å²) in [6.45, 7) is 7.62. The van der Waals surface area contributed by atoms with Gasteiger partial charge in [0.15, 0.2) is 0 Å². The van der Waals surface area contributed by atoms with Crippen LogP contribution in [0.15, 0.2) is 0 Å². The molecule has 4 heteroatoms. The van der Waals surface area contributed by atoms with Crippen molar-refractivity contribution < 1.29 is 14.7 Å². The summed E-state index contributed by atoms with van der Waals surface area (Å²) in [6.07, 6.45) is 4.30. The molecule has 1 fully saturated rings. The van der Waals surface area contributed by atoms with Crippen LogP contribution in [-0.4, -0.2) is 35.0 Å². The minimum absolute atomic E-state index is 0.195. The Kier molecular flexibility index (Phi) is 4.99. The smallest absolute Gasteiger partial charge is 0.316 e. The van der Waals surface area contributed by atoms with Gasteiger partial charge in [-0.1, -0.05) is 40.5 Å². The predicted molar refractivity (Wildman–Crippen MR) is 74.8 cm³/mol. The summed E-state index contributed by atoms with van der Waals surface area (Å²) in [7, 11) is 1.76. The second kappa shape index (κ2) is 5.93. The highest BCUT2D eigenvalue weighted by Gasteiger charge is 2.41. The van der Waals surface area contributed by atoms with Crippen LogP contribution in [0.25, 0.3) is 0 Å². The fourth-order valence-corrected chi connectivity index (χ4v) is 2.98. The van der Waals surface area contributed by atoms with Gasteiger partial charge in [0.25, 0.3) is 0 Å². The Morgan fingerprint density at radius 1 is 1.26 bits per heavy atom. The lowest BCUT2D eigenvalue weighted by Gasteiger charge is -2.37. The number of aliphatic carboxylic acids is 1. The van der Waals surface area contributed by atoms with Gasteiger partial charge in [0.05, 0.1) is 0 Å². The lowest BCUT2D eigenvalue weighted by molar-refractivity contribution is -0.157. The average Bonchev–Trinajstić information content (AvgIpc) is 2.25. The molecule has 0 aromatic heterocycles. The normalized spacial score (nSPS) is 25.7. The Bertz CT molecular complexity index is 346. The van der Waals surface area contributed by atoms with Gasteiger partial charge in [-0.3, -0.25) is 9.59 Å². The zero-order chi connectivity index (χ0) is 14.8. The predicted octanol–water partition coefficient (Wildman–Crippen LogP) is 2.77. The number of carbonyl (C=O) groups excluding carboxylic acids is 1. The minimum atomic E-state index is -1.02. The van der Waals surface area contributed by atoms with Gasteiger partial charge in [-0.05, 0) is 24.2 Å². The molecule has 0 spiro atoms. The van der Waals surface area contributed by atoms with Crippen LogP contribution in [0.3, 0.4) is 0 Å². The van der Waals surface area contributed by atoms with Crippen molar-refractivity contribution in [2.45, 2.75) is 59.4 Å². The van der Waals surface area contributed by atoms with Crippen LogP contribution in [0.1, 0.15) is 53.4 Å². The number of carbonyl (C=O) groups is 2. The van der Waals surface area contributed by atoms with E-state index in [9.17, 15) is 14.7 Å². The first kappa shape index (κ1) is 16.0. The fraction of sp³-hybridized carbons (Fsp3) is 0.867. The van der Waals surface area contributed by atoms with E-state index in [4.69, 9.17) is 0 Å². The number of carboxylic acid groups (broad SMARTS) is 1. The molecule has 1 saturated carbocycles. The summed E-state index contributed by atoms with van der Waals surface area (Å²) < 4.78 is 0. The first-order valence-corrected chi connectivity index (χ1v) is 7.14. The van der Waals surface area contributed by atoms with Gasteiger partial charge in [-0.25, -0.2) is 0 Å². The second-order valence-electron chi connectivity index (χ2n) is 7.01. The van der Waals surface area contributed by atoms with Crippen LogP contribution >= 0.6 is 0 Å². The van der Waals surface area contributed by atoms with E-state index in [1.807, 2.05) is 0 Å². The lowest BCUT2D eigenvalue weighted by Crippen LogP contribution is -2.48. The number of amides is 1. The molecule has 0 aromatic carbocycles. The number of rotatable bonds is 3. The zero-order valence-electron chi connectivity index (χ0n) is 12.8. The third kappa shape index (κ3) is 3.95. The Balaban J connectivity index is 2.82. The molecular formula is C15H27NO3. The summed E-state index contributed by atoms with van der Waals surface area (Å²) in [5, 5.41) is 9.33. The van der Waals surface area contributed by atoms with Gasteiger partial charge in [0.1, 0.15) is 5.92 Å². The van der Waals surface area contributed by atoms with Crippen molar-refractivity contribution in [2.75, 3.05) is 7.05 Å². The highest BCUT2D eigenvalue weighted by Crippen LogP contribution is 2.31. The van der Waals surface area contributed by atoms with E-state index in [2.05, 4.69) is 6.92 Å². The summed E-state index contributed by atoms with van der Waals surface area (Å²) in [4.78, 5) is 25.6. The van der Waals surface area contributed by atoms with Gasteiger partial charge in [-0.15, -0.1) is 0 Å². The maximum absolute atomic E-state index is 12.5. The lowest BCUT2D eigenvalue weighted by atomic mass is 9.79. The molecule has 1 aliphatic carbocycles. The number of hydrogen-bond donors (Lipinski definition) is 1. The Morgan fingerprint density at radius 2 is 1.84 bits per heavy atom. The van der Waals surface area contributed by atoms with Crippen molar-refractivity contribution in [3.8, 4) is 0 Å². The van der Waals surface area contributed by atoms with Gasteiger partial charge in [0.2, 0.25) is 5.91 Å². The van der Waals surface area contributed by atoms with Crippen molar-refractivity contribution in [1.29, 1.82) is 0 Å². The molecule has 0 radical (unpaired) electrons. The fourth-order valence-electron chi connectivity index (χ4n) is 2.98. The molecule has 0 saturated heterocycles. The summed E-state index contributed by atoms with van der Waals surface area (Å²) in [5.41, 5.74) is -0.558. The number of carboxylic acids is 1. The molecule has 0 bridgehead atoms. The molecule has 0 aliphatic heterocycles. The third-order valence-electron chi connectivity index (χ3n) is 4.16. The topological polar surface area (TPSA) is 57.6 Å². The van der Waals surface area contributed by atoms with Crippen LogP contribution in [0.5, 0.6) is 0 Å². The molecule has 0 aromatic rings. The molecule has 1 N–H and O–H groups in total. The van der Waals surface area contributed by atoms with Crippen LogP contribution in [0, 0.1) is 17.3 Å². The second-order valence-corrected chi connectivity index (χ2v) is 7.01. The highest BCUT2D eigenvalue weighted by atomic mass is 16.4. The molecule has 110 valence electrons. The number of nitrogens with zero attached hydrogens (tertiary/aromatic N) is 1. The average molecular weight is 269 g/mol. The zero-order valence-corrected chi connectivity index (χ0v) is 12.8. The molecule has 0 heterocycles. The van der Waals surface area contributed by atoms with Crippen molar-refractivity contribution >= 4 is 11.9 Å². The molecule has 1 amide bonds. The Hall–Kier alpha value is -1.06. The molecule has 3 atom stereocenters. The van der Waals surface area contributed by atoms with Crippen molar-refractivity contribution in [3.63, 3.8) is 0 Å². The highest BCUT2D eigenvalue weighted by molar-refractivity contribution is 5.97. The van der Waals surface area contributed by atoms with Crippen LogP contribution in [0.4, 0.5) is 0 Å². The van der Waals surface area contributed by atoms with E-state index < -0.39 is 17.3 Å². The number of hydrogen-bond acceptors (Lipinski definition) is 2. The molecule has 4 nitrogen and oxygen atoms in total. The molecule has 3 unspecified atom stereocenters. The SMILES string of the molecule is CC1CCCC(N(C)C(=O)C(C(=O)O)C(C)(C)C)C1. The molecular weight excluding hydrogens is 242 g/mol. The van der Waals surface area contributed by atoms with Gasteiger partial charge in [-0.2, -0.15) is 0 Å². The van der Waals surface area contributed by atoms with E-state index in [1.165, 1.54) is 6.42 Å². The maximum Gasteiger partial charge on any atom is 0.316 e. The summed E-state index contributed by atoms with van der Waals surface area (Å²) in [6, 6.07) is 0.195. The van der Waals surface area contributed by atoms with Gasteiger partial charge in [0, 0.05) is 13.1 Å². The Morgan fingerprint density at radius 3 is 2.26 bits per heavy atom. The summed E-state index contributed by atoms with van der Waals surface area (Å²) in [5.74, 6) is -1.62. The third-order valence-corrected chi connectivity index (χ3v) is 4.16.